The predicted octanol–water partition coefficient (Wildman–Crippen LogP) is 3.17. The molecule has 0 amide bonds. The summed E-state index contributed by atoms with van der Waals surface area (Å²) in [4.78, 5) is -0.156. The van der Waals surface area contributed by atoms with E-state index in [4.69, 9.17) is 11.6 Å². The molecule has 4 heteroatoms. The summed E-state index contributed by atoms with van der Waals surface area (Å²) in [6, 6.07) is 0. The highest BCUT2D eigenvalue weighted by Crippen LogP contribution is 2.21. The summed E-state index contributed by atoms with van der Waals surface area (Å²) in [5.41, 5.74) is 1.13. The zero-order valence-corrected chi connectivity index (χ0v) is 11.6. The van der Waals surface area contributed by atoms with Crippen LogP contribution in [-0.4, -0.2) is 25.3 Å². The van der Waals surface area contributed by atoms with Gasteiger partial charge in [0, 0.05) is 11.1 Å². The van der Waals surface area contributed by atoms with Crippen LogP contribution in [0, 0.1) is 0 Å². The first-order valence-electron chi connectivity index (χ1n) is 5.12. The lowest BCUT2D eigenvalue weighted by Gasteiger charge is -2.14. The van der Waals surface area contributed by atoms with Crippen molar-refractivity contribution in [3.05, 3.63) is 11.6 Å². The van der Waals surface area contributed by atoms with Gasteiger partial charge in [-0.2, -0.15) is 0 Å². The van der Waals surface area contributed by atoms with Gasteiger partial charge < -0.3 is 0 Å². The van der Waals surface area contributed by atoms with E-state index in [0.29, 0.717) is 0 Å². The summed E-state index contributed by atoms with van der Waals surface area (Å²) < 4.78 is 21.8. The van der Waals surface area contributed by atoms with E-state index in [0.717, 1.165) is 24.8 Å². The van der Waals surface area contributed by atoms with E-state index < -0.39 is 9.84 Å². The minimum Gasteiger partial charge on any atom is -0.229 e. The quantitative estimate of drug-likeness (QED) is 0.538. The summed E-state index contributed by atoms with van der Waals surface area (Å²) in [7, 11) is -2.88. The average molecular weight is 253 g/mol. The van der Waals surface area contributed by atoms with Crippen LogP contribution in [0.3, 0.4) is 0 Å². The van der Waals surface area contributed by atoms with Crippen LogP contribution in [0.4, 0.5) is 0 Å². The lowest BCUT2D eigenvalue weighted by Crippen LogP contribution is -2.09. The predicted molar refractivity (Wildman–Crippen MR) is 67.3 cm³/mol. The molecule has 0 radical (unpaired) electrons. The molecular weight excluding hydrogens is 232 g/mol. The second-order valence-electron chi connectivity index (χ2n) is 4.72. The Bertz CT molecular complexity index is 310. The van der Waals surface area contributed by atoms with Crippen LogP contribution in [0.1, 0.15) is 40.0 Å². The third-order valence-corrected chi connectivity index (χ3v) is 3.04. The summed E-state index contributed by atoms with van der Waals surface area (Å²) in [5, 5.41) is 0. The summed E-state index contributed by atoms with van der Waals surface area (Å²) in [5.74, 6) is 0.142. The molecule has 90 valence electrons. The molecule has 2 nitrogen and oxygen atoms in total. The SMILES string of the molecule is C/C(=C\CS(C)(=O)=O)CCCC(C)(C)Cl. The summed E-state index contributed by atoms with van der Waals surface area (Å²) in [6.07, 6.45) is 5.90. The largest absolute Gasteiger partial charge is 0.229 e. The van der Waals surface area contributed by atoms with E-state index in [1.807, 2.05) is 20.8 Å². The van der Waals surface area contributed by atoms with Crippen LogP contribution in [-0.2, 0) is 9.84 Å². The van der Waals surface area contributed by atoms with Crippen molar-refractivity contribution in [3.8, 4) is 0 Å². The third-order valence-electron chi connectivity index (χ3n) is 2.08. The fraction of sp³-hybridized carbons (Fsp3) is 0.818. The molecule has 15 heavy (non-hydrogen) atoms. The van der Waals surface area contributed by atoms with E-state index in [2.05, 4.69) is 0 Å². The smallest absolute Gasteiger partial charge is 0.151 e. The van der Waals surface area contributed by atoms with Crippen molar-refractivity contribution < 1.29 is 8.42 Å². The molecule has 0 aromatic carbocycles. The van der Waals surface area contributed by atoms with Crippen molar-refractivity contribution in [1.82, 2.24) is 0 Å². The molecule has 0 aliphatic heterocycles. The van der Waals surface area contributed by atoms with Crippen molar-refractivity contribution in [2.45, 2.75) is 44.9 Å². The average Bonchev–Trinajstić information content (AvgIpc) is 1.97. The van der Waals surface area contributed by atoms with Gasteiger partial charge in [-0.3, -0.25) is 0 Å². The van der Waals surface area contributed by atoms with E-state index in [1.165, 1.54) is 6.26 Å². The van der Waals surface area contributed by atoms with E-state index in [-0.39, 0.29) is 10.6 Å². The molecule has 0 saturated carbocycles. The van der Waals surface area contributed by atoms with Gasteiger partial charge in [0.15, 0.2) is 9.84 Å². The van der Waals surface area contributed by atoms with E-state index in [1.54, 1.807) is 6.08 Å². The van der Waals surface area contributed by atoms with Gasteiger partial charge in [0.05, 0.1) is 5.75 Å². The fourth-order valence-corrected chi connectivity index (χ4v) is 1.90. The van der Waals surface area contributed by atoms with Gasteiger partial charge in [-0.1, -0.05) is 11.6 Å². The van der Waals surface area contributed by atoms with Gasteiger partial charge in [-0.05, 0) is 40.0 Å². The molecule has 0 aliphatic rings. The van der Waals surface area contributed by atoms with Crippen LogP contribution >= 0.6 is 11.6 Å². The van der Waals surface area contributed by atoms with Gasteiger partial charge in [-0.25, -0.2) is 8.42 Å². The third kappa shape index (κ3) is 11.9. The lowest BCUT2D eigenvalue weighted by molar-refractivity contribution is 0.589. The number of rotatable bonds is 6. The van der Waals surface area contributed by atoms with E-state index >= 15 is 0 Å². The molecule has 0 aromatic heterocycles. The Hall–Kier alpha value is -0.0200. The maximum Gasteiger partial charge on any atom is 0.151 e. The molecule has 0 rings (SSSR count). The maximum absolute atomic E-state index is 10.9. The molecular formula is C11H21ClO2S. The number of allylic oxidation sites excluding steroid dienone is 1. The van der Waals surface area contributed by atoms with Crippen molar-refractivity contribution >= 4 is 21.4 Å². The molecule has 0 spiro atoms. The topological polar surface area (TPSA) is 34.1 Å². The standard InChI is InChI=1S/C11H21ClO2S/c1-10(7-9-15(4,13)14)6-5-8-11(2,3)12/h7H,5-6,8-9H2,1-4H3/b10-7+. The van der Waals surface area contributed by atoms with Crippen LogP contribution < -0.4 is 0 Å². The number of halogens is 1. The normalized spacial score (nSPS) is 14.3. The molecule has 0 heterocycles. The molecule has 0 bridgehead atoms. The second kappa shape index (κ2) is 5.90. The first kappa shape index (κ1) is 15.0. The lowest BCUT2D eigenvalue weighted by atomic mass is 10.0. The summed E-state index contributed by atoms with van der Waals surface area (Å²) in [6.45, 7) is 5.95. The Morgan fingerprint density at radius 3 is 2.33 bits per heavy atom. The van der Waals surface area contributed by atoms with Crippen molar-refractivity contribution in [3.63, 3.8) is 0 Å². The Balaban J connectivity index is 3.90. The zero-order chi connectivity index (χ0) is 12.1. The molecule has 0 N–H and O–H groups in total. The Morgan fingerprint density at radius 1 is 1.40 bits per heavy atom. The molecule has 0 saturated heterocycles. The number of alkyl halides is 1. The monoisotopic (exact) mass is 252 g/mol. The first-order valence-corrected chi connectivity index (χ1v) is 7.56. The summed E-state index contributed by atoms with van der Waals surface area (Å²) >= 11 is 6.05. The van der Waals surface area contributed by atoms with Crippen LogP contribution in [0.5, 0.6) is 0 Å². The van der Waals surface area contributed by atoms with Gasteiger partial charge in [0.2, 0.25) is 0 Å². The fourth-order valence-electron chi connectivity index (χ4n) is 1.18. The Kier molecular flexibility index (Phi) is 5.89. The molecule has 0 unspecified atom stereocenters. The van der Waals surface area contributed by atoms with Crippen molar-refractivity contribution in [2.24, 2.45) is 0 Å². The molecule has 0 aromatic rings. The minimum absolute atomic E-state index is 0.142. The Morgan fingerprint density at radius 2 is 1.93 bits per heavy atom. The molecule has 0 aliphatic carbocycles. The van der Waals surface area contributed by atoms with Crippen molar-refractivity contribution in [1.29, 1.82) is 0 Å². The highest BCUT2D eigenvalue weighted by atomic mass is 35.5. The number of hydrogen-bond donors (Lipinski definition) is 0. The van der Waals surface area contributed by atoms with Gasteiger partial charge in [0.25, 0.3) is 0 Å². The van der Waals surface area contributed by atoms with Crippen LogP contribution in [0.2, 0.25) is 0 Å². The van der Waals surface area contributed by atoms with Gasteiger partial charge >= 0.3 is 0 Å². The molecule has 0 fully saturated rings. The van der Waals surface area contributed by atoms with Gasteiger partial charge in [-0.15, -0.1) is 11.6 Å². The van der Waals surface area contributed by atoms with Gasteiger partial charge in [0.1, 0.15) is 0 Å². The zero-order valence-electron chi connectivity index (χ0n) is 10.0. The Labute approximate surface area is 98.6 Å². The van der Waals surface area contributed by atoms with Crippen LogP contribution in [0.25, 0.3) is 0 Å². The molecule has 0 atom stereocenters. The first-order chi connectivity index (χ1) is 6.60. The maximum atomic E-state index is 10.9. The van der Waals surface area contributed by atoms with E-state index in [9.17, 15) is 8.42 Å². The second-order valence-corrected chi connectivity index (χ2v) is 7.92. The van der Waals surface area contributed by atoms with Crippen molar-refractivity contribution in [2.75, 3.05) is 12.0 Å². The minimum atomic E-state index is -2.88. The highest BCUT2D eigenvalue weighted by molar-refractivity contribution is 7.90. The van der Waals surface area contributed by atoms with Crippen LogP contribution in [0.15, 0.2) is 11.6 Å². The number of hydrogen-bond acceptors (Lipinski definition) is 2. The highest BCUT2D eigenvalue weighted by Gasteiger charge is 2.11. The number of sulfone groups is 1.